The minimum absolute atomic E-state index is 0.0381. The van der Waals surface area contributed by atoms with E-state index in [-0.39, 0.29) is 30.9 Å². The van der Waals surface area contributed by atoms with E-state index in [1.807, 2.05) is 61.2 Å². The molecule has 2 N–H and O–H groups in total. The predicted octanol–water partition coefficient (Wildman–Crippen LogP) is 6.32. The van der Waals surface area contributed by atoms with Crippen molar-refractivity contribution in [3.05, 3.63) is 64.7 Å². The number of nitrogens with one attached hydrogen (secondary N) is 1. The van der Waals surface area contributed by atoms with Crippen LogP contribution in [0.15, 0.2) is 42.5 Å². The number of amides is 2. The molecule has 2 aliphatic rings. The zero-order valence-electron chi connectivity index (χ0n) is 22.1. The number of carbonyl (C=O) groups excluding carboxylic acids is 1. The van der Waals surface area contributed by atoms with Crippen molar-refractivity contribution in [1.82, 2.24) is 4.90 Å². The minimum atomic E-state index is -0.917. The van der Waals surface area contributed by atoms with Gasteiger partial charge in [-0.2, -0.15) is 0 Å². The predicted molar refractivity (Wildman–Crippen MR) is 144 cm³/mol. The van der Waals surface area contributed by atoms with Crippen LogP contribution in [0.3, 0.4) is 0 Å². The average Bonchev–Trinajstić information content (AvgIpc) is 3.41. The minimum Gasteiger partial charge on any atom is -0.478 e. The number of anilines is 1. The van der Waals surface area contributed by atoms with E-state index in [9.17, 15) is 14.7 Å². The average molecular weight is 509 g/mol. The van der Waals surface area contributed by atoms with Crippen LogP contribution < -0.4 is 5.32 Å². The lowest BCUT2D eigenvalue weighted by Gasteiger charge is -2.32. The topological polar surface area (TPSA) is 88.1 Å². The zero-order valence-corrected chi connectivity index (χ0v) is 22.1. The van der Waals surface area contributed by atoms with Crippen LogP contribution >= 0.6 is 0 Å². The number of aryl methyl sites for hydroxylation is 2. The summed E-state index contributed by atoms with van der Waals surface area (Å²) in [5.41, 5.74) is 3.69. The highest BCUT2D eigenvalue weighted by Gasteiger charge is 2.28. The molecule has 0 spiro atoms. The smallest absolute Gasteiger partial charge is 0.336 e. The van der Waals surface area contributed by atoms with E-state index in [0.717, 1.165) is 68.2 Å². The molecule has 2 aliphatic carbocycles. The summed E-state index contributed by atoms with van der Waals surface area (Å²) in [5, 5.41) is 12.7. The van der Waals surface area contributed by atoms with E-state index < -0.39 is 5.97 Å². The number of rotatable bonds is 10. The molecule has 2 amide bonds. The molecule has 2 aromatic carbocycles. The van der Waals surface area contributed by atoms with Gasteiger partial charge in [0.2, 0.25) is 0 Å². The number of carbonyl (C=O) groups is 2. The fourth-order valence-electron chi connectivity index (χ4n) is 5.65. The maximum atomic E-state index is 13.2. The quantitative estimate of drug-likeness (QED) is 0.392. The van der Waals surface area contributed by atoms with Crippen molar-refractivity contribution >= 4 is 17.7 Å². The van der Waals surface area contributed by atoms with Crippen LogP contribution in [0.1, 0.15) is 78.4 Å². The number of aromatic carboxylic acids is 1. The summed E-state index contributed by atoms with van der Waals surface area (Å²) < 4.78 is 12.4. The lowest BCUT2D eigenvalue weighted by atomic mass is 9.94. The molecular formula is C30H40N2O5. The van der Waals surface area contributed by atoms with Gasteiger partial charge in [0, 0.05) is 18.3 Å². The second-order valence-electron chi connectivity index (χ2n) is 10.4. The highest BCUT2D eigenvalue weighted by Crippen LogP contribution is 2.27. The number of urea groups is 1. The van der Waals surface area contributed by atoms with Crippen molar-refractivity contribution in [2.45, 2.75) is 90.1 Å². The lowest BCUT2D eigenvalue weighted by molar-refractivity contribution is -0.0531. The molecule has 2 saturated carbocycles. The van der Waals surface area contributed by atoms with Crippen LogP contribution in [0, 0.1) is 13.8 Å². The Bertz CT molecular complexity index is 1070. The van der Waals surface area contributed by atoms with Gasteiger partial charge in [-0.1, -0.05) is 49.2 Å². The first kappa shape index (κ1) is 27.1. The van der Waals surface area contributed by atoms with Crippen molar-refractivity contribution in [3.8, 4) is 0 Å². The Kier molecular flexibility index (Phi) is 9.58. The van der Waals surface area contributed by atoms with Crippen LogP contribution in [0.25, 0.3) is 0 Å². The number of ether oxygens (including phenoxy) is 2. The molecule has 0 radical (unpaired) electrons. The summed E-state index contributed by atoms with van der Waals surface area (Å²) in [6.45, 7) is 5.16. The molecule has 0 unspecified atom stereocenters. The maximum absolute atomic E-state index is 13.2. The second-order valence-corrected chi connectivity index (χ2v) is 10.4. The summed E-state index contributed by atoms with van der Waals surface area (Å²) in [7, 11) is 0. The Morgan fingerprint density at radius 2 is 1.62 bits per heavy atom. The van der Waals surface area contributed by atoms with E-state index in [4.69, 9.17) is 9.47 Å². The highest BCUT2D eigenvalue weighted by atomic mass is 16.5. The third-order valence-electron chi connectivity index (χ3n) is 7.72. The summed E-state index contributed by atoms with van der Waals surface area (Å²) in [4.78, 5) is 26.8. The van der Waals surface area contributed by atoms with Gasteiger partial charge < -0.3 is 24.8 Å². The van der Waals surface area contributed by atoms with Gasteiger partial charge in [0.25, 0.3) is 0 Å². The molecule has 7 nitrogen and oxygen atoms in total. The van der Waals surface area contributed by atoms with Gasteiger partial charge in [0.1, 0.15) is 0 Å². The number of nitrogens with zero attached hydrogens (tertiary/aromatic N) is 1. The second kappa shape index (κ2) is 13.1. The van der Waals surface area contributed by atoms with Crippen molar-refractivity contribution in [1.29, 1.82) is 0 Å². The number of para-hydroxylation sites is 1. The normalized spacial score (nSPS) is 20.1. The first-order valence-corrected chi connectivity index (χ1v) is 13.6. The molecule has 200 valence electrons. The highest BCUT2D eigenvalue weighted by molar-refractivity contribution is 5.91. The van der Waals surface area contributed by atoms with Crippen LogP contribution in [0.5, 0.6) is 0 Å². The SMILES string of the molecule is Cc1ccccc1NC(=O)N(CCO[C@H]1CCC[C@@H](OCc2cccc(C)c2C(=O)O)C1)C1CCCC1. The standard InChI is InChI=1S/C30H40N2O5/c1-21-9-3-6-16-27(21)31-30(35)32(24-12-4-5-13-24)17-18-36-25-14-8-15-26(19-25)37-20-23-11-7-10-22(2)28(23)29(33)34/h3,6-7,9-11,16,24-26H,4-5,8,12-15,17-20H2,1-2H3,(H,31,35)(H,33,34)/t25-,26+/m0/s1. The van der Waals surface area contributed by atoms with Crippen molar-refractivity contribution in [2.75, 3.05) is 18.5 Å². The van der Waals surface area contributed by atoms with Crippen molar-refractivity contribution < 1.29 is 24.2 Å². The van der Waals surface area contributed by atoms with Gasteiger partial charge in [-0.3, -0.25) is 0 Å². The first-order valence-electron chi connectivity index (χ1n) is 13.6. The van der Waals surface area contributed by atoms with E-state index in [2.05, 4.69) is 5.32 Å². The monoisotopic (exact) mass is 508 g/mol. The molecule has 0 bridgehead atoms. The molecule has 7 heteroatoms. The number of carboxylic acids is 1. The third kappa shape index (κ3) is 7.33. The summed E-state index contributed by atoms with van der Waals surface area (Å²) >= 11 is 0. The first-order chi connectivity index (χ1) is 17.9. The molecule has 0 saturated heterocycles. The summed E-state index contributed by atoms with van der Waals surface area (Å²) in [6.07, 6.45) is 8.23. The Balaban J connectivity index is 1.28. The number of hydrogen-bond donors (Lipinski definition) is 2. The molecule has 2 aromatic rings. The van der Waals surface area contributed by atoms with Crippen LogP contribution in [0.4, 0.5) is 10.5 Å². The van der Waals surface area contributed by atoms with Gasteiger partial charge in [-0.05, 0) is 75.1 Å². The maximum Gasteiger partial charge on any atom is 0.336 e. The fourth-order valence-corrected chi connectivity index (χ4v) is 5.65. The van der Waals surface area contributed by atoms with Gasteiger partial charge in [-0.25, -0.2) is 9.59 Å². The molecular weight excluding hydrogens is 468 g/mol. The molecule has 0 aromatic heterocycles. The number of benzene rings is 2. The van der Waals surface area contributed by atoms with Gasteiger partial charge >= 0.3 is 12.0 Å². The number of hydrogen-bond acceptors (Lipinski definition) is 4. The Hall–Kier alpha value is -2.90. The van der Waals surface area contributed by atoms with Gasteiger partial charge in [0.05, 0.1) is 31.0 Å². The zero-order chi connectivity index (χ0) is 26.2. The van der Waals surface area contributed by atoms with Gasteiger partial charge in [0.15, 0.2) is 0 Å². The Morgan fingerprint density at radius 3 is 2.35 bits per heavy atom. The van der Waals surface area contributed by atoms with Crippen molar-refractivity contribution in [2.24, 2.45) is 0 Å². The molecule has 0 heterocycles. The van der Waals surface area contributed by atoms with Crippen molar-refractivity contribution in [3.63, 3.8) is 0 Å². The lowest BCUT2D eigenvalue weighted by Crippen LogP contribution is -2.44. The van der Waals surface area contributed by atoms with E-state index >= 15 is 0 Å². The fraction of sp³-hybridized carbons (Fsp3) is 0.533. The Morgan fingerprint density at radius 1 is 0.919 bits per heavy atom. The molecule has 37 heavy (non-hydrogen) atoms. The largest absolute Gasteiger partial charge is 0.478 e. The summed E-state index contributed by atoms with van der Waals surface area (Å²) in [5.74, 6) is -0.917. The van der Waals surface area contributed by atoms with E-state index in [1.54, 1.807) is 0 Å². The third-order valence-corrected chi connectivity index (χ3v) is 7.72. The van der Waals surface area contributed by atoms with E-state index in [0.29, 0.717) is 24.3 Å². The van der Waals surface area contributed by atoms with Gasteiger partial charge in [-0.15, -0.1) is 0 Å². The molecule has 2 fully saturated rings. The van der Waals surface area contributed by atoms with Crippen LogP contribution in [-0.4, -0.2) is 53.4 Å². The Labute approximate surface area is 220 Å². The van der Waals surface area contributed by atoms with Crippen LogP contribution in [0.2, 0.25) is 0 Å². The van der Waals surface area contributed by atoms with Crippen LogP contribution in [-0.2, 0) is 16.1 Å². The molecule has 2 atom stereocenters. The van der Waals surface area contributed by atoms with E-state index in [1.165, 1.54) is 0 Å². The summed E-state index contributed by atoms with van der Waals surface area (Å²) in [6, 6.07) is 13.6. The molecule has 0 aliphatic heterocycles. The molecule has 4 rings (SSSR count). The number of carboxylic acid groups (broad SMARTS) is 1.